The minimum absolute atomic E-state index is 0.0280. The van der Waals surface area contributed by atoms with Gasteiger partial charge in [0.2, 0.25) is 5.91 Å². The minimum Gasteiger partial charge on any atom is -0.481 e. The molecule has 0 bridgehead atoms. The molecule has 3 rings (SSSR count). The van der Waals surface area contributed by atoms with Crippen LogP contribution in [0.1, 0.15) is 58.3 Å². The molecule has 1 aromatic heterocycles. The highest BCUT2D eigenvalue weighted by Gasteiger charge is 2.38. The largest absolute Gasteiger partial charge is 0.481 e. The zero-order valence-electron chi connectivity index (χ0n) is 27.5. The molecule has 1 aliphatic heterocycles. The Hall–Kier alpha value is -4.12. The van der Waals surface area contributed by atoms with E-state index in [0.717, 1.165) is 12.0 Å². The quantitative estimate of drug-likeness (QED) is 0.0787. The molecular formula is C31H45ClN8O8. The molecule has 16 nitrogen and oxygen atoms in total. The minimum atomic E-state index is -1.46. The third kappa shape index (κ3) is 12.5. The third-order valence-electron chi connectivity index (χ3n) is 7.73. The number of rotatable bonds is 17. The van der Waals surface area contributed by atoms with E-state index in [4.69, 9.17) is 21.1 Å². The number of carboxylic acid groups (broad SMARTS) is 1. The van der Waals surface area contributed by atoms with E-state index < -0.39 is 60.3 Å². The number of halogens is 1. The summed E-state index contributed by atoms with van der Waals surface area (Å²) in [4.78, 5) is 52.0. The Morgan fingerprint density at radius 2 is 1.90 bits per heavy atom. The molecule has 6 N–H and O–H groups in total. The first-order valence-corrected chi connectivity index (χ1v) is 16.1. The topological polar surface area (TPSA) is 221 Å². The Bertz CT molecular complexity index is 1370. The van der Waals surface area contributed by atoms with E-state index >= 15 is 0 Å². The number of aromatic amines is 1. The maximum absolute atomic E-state index is 13.6. The van der Waals surface area contributed by atoms with Gasteiger partial charge in [0, 0.05) is 19.0 Å². The number of ether oxygens (including phenoxy) is 2. The van der Waals surface area contributed by atoms with Crippen molar-refractivity contribution in [3.05, 3.63) is 52.8 Å². The Labute approximate surface area is 283 Å². The molecule has 2 amide bonds. The van der Waals surface area contributed by atoms with Crippen molar-refractivity contribution >= 4 is 35.5 Å². The fourth-order valence-corrected chi connectivity index (χ4v) is 5.37. The summed E-state index contributed by atoms with van der Waals surface area (Å²) in [5, 5.41) is 42.7. The molecule has 1 saturated heterocycles. The van der Waals surface area contributed by atoms with Gasteiger partial charge < -0.3 is 30.3 Å². The number of aromatic nitrogens is 4. The number of aliphatic hydroxyl groups excluding tert-OH is 1. The van der Waals surface area contributed by atoms with Gasteiger partial charge in [-0.25, -0.2) is 9.59 Å². The van der Waals surface area contributed by atoms with E-state index in [1.165, 1.54) is 6.08 Å². The van der Waals surface area contributed by atoms with Gasteiger partial charge in [-0.3, -0.25) is 19.8 Å². The summed E-state index contributed by atoms with van der Waals surface area (Å²) >= 11 is 6.18. The highest BCUT2D eigenvalue weighted by atomic mass is 35.5. The fraction of sp³-hybridized carbons (Fsp3) is 0.581. The average Bonchev–Trinajstić information content (AvgIpc) is 3.71. The zero-order valence-corrected chi connectivity index (χ0v) is 28.3. The molecule has 48 heavy (non-hydrogen) atoms. The van der Waals surface area contributed by atoms with Gasteiger partial charge in [-0.2, -0.15) is 5.21 Å². The van der Waals surface area contributed by atoms with Crippen LogP contribution in [0.5, 0.6) is 0 Å². The van der Waals surface area contributed by atoms with Crippen LogP contribution in [-0.4, -0.2) is 110 Å². The van der Waals surface area contributed by atoms with Gasteiger partial charge in [-0.05, 0) is 43.4 Å². The van der Waals surface area contributed by atoms with Crippen molar-refractivity contribution < 1.29 is 38.9 Å². The lowest BCUT2D eigenvalue weighted by Crippen LogP contribution is -2.60. The summed E-state index contributed by atoms with van der Waals surface area (Å²) in [5.41, 5.74) is 0.279. The molecule has 0 spiro atoms. The van der Waals surface area contributed by atoms with Crippen LogP contribution < -0.4 is 16.0 Å². The summed E-state index contributed by atoms with van der Waals surface area (Å²) < 4.78 is 10.2. The summed E-state index contributed by atoms with van der Waals surface area (Å²) in [7, 11) is 0. The van der Waals surface area contributed by atoms with E-state index in [1.54, 1.807) is 31.2 Å². The number of alkyl carbamates (subject to hydrolysis) is 1. The van der Waals surface area contributed by atoms with Crippen LogP contribution in [-0.2, 0) is 36.9 Å². The van der Waals surface area contributed by atoms with E-state index in [9.17, 15) is 29.4 Å². The molecule has 1 aliphatic rings. The van der Waals surface area contributed by atoms with Crippen molar-refractivity contribution in [3.8, 4) is 0 Å². The first kappa shape index (κ1) is 38.3. The van der Waals surface area contributed by atoms with Crippen LogP contribution >= 0.6 is 11.6 Å². The molecule has 1 fully saturated rings. The van der Waals surface area contributed by atoms with E-state index in [0.29, 0.717) is 25.3 Å². The fourth-order valence-electron chi connectivity index (χ4n) is 5.16. The number of nitrogens with zero attached hydrogens (tertiary/aromatic N) is 4. The molecule has 17 heteroatoms. The second kappa shape index (κ2) is 18.4. The Morgan fingerprint density at radius 1 is 1.17 bits per heavy atom. The van der Waals surface area contributed by atoms with Crippen molar-refractivity contribution in [2.75, 3.05) is 19.7 Å². The highest BCUT2D eigenvalue weighted by molar-refractivity contribution is 6.41. The number of benzene rings is 1. The SMILES string of the molecule is CCOC(=O)C(Cl)=CC(Cc1nn[nH]n1)NC(=O)C1CCCN1CC(NC(O)C(CC(=O)O)NC(=O)OCc1ccccc1)C(C)(C)C. The first-order valence-electron chi connectivity index (χ1n) is 15.7. The lowest BCUT2D eigenvalue weighted by Gasteiger charge is -2.39. The number of carbonyl (C=O) groups is 4. The van der Waals surface area contributed by atoms with Crippen LogP contribution in [0.25, 0.3) is 0 Å². The van der Waals surface area contributed by atoms with Gasteiger partial charge >= 0.3 is 18.0 Å². The van der Waals surface area contributed by atoms with E-state index in [2.05, 4.69) is 36.6 Å². The third-order valence-corrected chi connectivity index (χ3v) is 8.01. The van der Waals surface area contributed by atoms with Crippen LogP contribution in [0.4, 0.5) is 4.79 Å². The molecule has 0 radical (unpaired) electrons. The first-order chi connectivity index (χ1) is 22.8. The van der Waals surface area contributed by atoms with Crippen LogP contribution in [0, 0.1) is 5.41 Å². The molecule has 5 unspecified atom stereocenters. The number of hydrogen-bond acceptors (Lipinski definition) is 12. The van der Waals surface area contributed by atoms with Crippen LogP contribution in [0.3, 0.4) is 0 Å². The van der Waals surface area contributed by atoms with Crippen LogP contribution in [0.2, 0.25) is 0 Å². The second-order valence-electron chi connectivity index (χ2n) is 12.5. The smallest absolute Gasteiger partial charge is 0.407 e. The normalized spacial score (nSPS) is 18.0. The van der Waals surface area contributed by atoms with Gasteiger partial charge in [-0.15, -0.1) is 10.2 Å². The second-order valence-corrected chi connectivity index (χ2v) is 12.9. The maximum Gasteiger partial charge on any atom is 0.407 e. The standard InChI is InChI=1S/C31H45ClN8O8/c1-5-47-29(45)21(32)14-20(15-25-36-38-39-37-25)33-28(44)23-12-9-13-40(23)17-24(31(2,3)4)35-27(43)22(16-26(41)42)34-30(46)48-18-19-10-7-6-8-11-19/h6-8,10-11,14,20,22-24,27,35,43H,5,9,12-13,15-18H2,1-4H3,(H,33,44)(H,34,46)(H,41,42)(H,36,37,38,39). The van der Waals surface area contributed by atoms with E-state index in [1.807, 2.05) is 31.7 Å². The number of nitrogens with one attached hydrogen (secondary N) is 4. The highest BCUT2D eigenvalue weighted by Crippen LogP contribution is 2.26. The zero-order chi connectivity index (χ0) is 35.3. The molecule has 5 atom stereocenters. The monoisotopic (exact) mass is 692 g/mol. The summed E-state index contributed by atoms with van der Waals surface area (Å²) in [5.74, 6) is -1.97. The molecule has 0 saturated carbocycles. The van der Waals surface area contributed by atoms with Gasteiger partial charge in [0.15, 0.2) is 5.82 Å². The number of carbonyl (C=O) groups excluding carboxylic acids is 3. The van der Waals surface area contributed by atoms with Crippen molar-refractivity contribution in [1.82, 2.24) is 41.5 Å². The van der Waals surface area contributed by atoms with Gasteiger partial charge in [0.05, 0.1) is 31.2 Å². The predicted octanol–water partition coefficient (Wildman–Crippen LogP) is 1.47. The average molecular weight is 693 g/mol. The molecule has 2 heterocycles. The Balaban J connectivity index is 1.69. The van der Waals surface area contributed by atoms with Crippen molar-refractivity contribution in [2.45, 2.75) is 90.4 Å². The summed E-state index contributed by atoms with van der Waals surface area (Å²) in [6.07, 6.45) is -0.141. The predicted molar refractivity (Wildman–Crippen MR) is 173 cm³/mol. The number of H-pyrrole nitrogens is 1. The molecule has 2 aromatic rings. The molecule has 1 aromatic carbocycles. The van der Waals surface area contributed by atoms with Gasteiger partial charge in [0.25, 0.3) is 0 Å². The number of carboxylic acids is 1. The number of aliphatic carboxylic acids is 1. The van der Waals surface area contributed by atoms with Gasteiger partial charge in [-0.1, -0.05) is 67.9 Å². The Kier molecular flexibility index (Phi) is 14.7. The molecule has 264 valence electrons. The number of amides is 2. The number of hydrogen-bond donors (Lipinski definition) is 6. The summed E-state index contributed by atoms with van der Waals surface area (Å²) in [6.45, 7) is 8.48. The lowest BCUT2D eigenvalue weighted by atomic mass is 9.85. The Morgan fingerprint density at radius 3 is 2.52 bits per heavy atom. The van der Waals surface area contributed by atoms with Crippen LogP contribution in [0.15, 0.2) is 41.4 Å². The van der Waals surface area contributed by atoms with Crippen molar-refractivity contribution in [2.24, 2.45) is 5.41 Å². The molecular weight excluding hydrogens is 648 g/mol. The van der Waals surface area contributed by atoms with Crippen molar-refractivity contribution in [1.29, 1.82) is 0 Å². The number of aliphatic hydroxyl groups is 1. The lowest BCUT2D eigenvalue weighted by molar-refractivity contribution is -0.139. The summed E-state index contributed by atoms with van der Waals surface area (Å²) in [6, 6.07) is 6.01. The van der Waals surface area contributed by atoms with E-state index in [-0.39, 0.29) is 30.6 Å². The maximum atomic E-state index is 13.6. The number of esters is 1. The number of likely N-dealkylation sites (tertiary alicyclic amines) is 1. The van der Waals surface area contributed by atoms with Crippen molar-refractivity contribution in [3.63, 3.8) is 0 Å². The molecule has 0 aliphatic carbocycles. The number of tetrazole rings is 1. The van der Waals surface area contributed by atoms with Gasteiger partial charge in [0.1, 0.15) is 17.9 Å².